The Morgan fingerprint density at radius 1 is 0.962 bits per heavy atom. The number of nitrogens with zero attached hydrogens (tertiary/aromatic N) is 2. The van der Waals surface area contributed by atoms with Crippen LogP contribution in [0.1, 0.15) is 22.3 Å². The van der Waals surface area contributed by atoms with Gasteiger partial charge in [-0.2, -0.15) is 8.78 Å². The van der Waals surface area contributed by atoms with Crippen LogP contribution in [0.5, 0.6) is 5.75 Å². The van der Waals surface area contributed by atoms with Crippen LogP contribution >= 0.6 is 0 Å². The maximum Gasteiger partial charge on any atom is 0.387 e. The molecule has 4 nitrogen and oxygen atoms in total. The fourth-order valence-electron chi connectivity index (χ4n) is 3.19. The third-order valence-electron chi connectivity index (χ3n) is 4.46. The van der Waals surface area contributed by atoms with Crippen molar-refractivity contribution >= 4 is 5.91 Å². The number of rotatable bonds is 5. The largest absolute Gasteiger partial charge is 0.434 e. The lowest BCUT2D eigenvalue weighted by molar-refractivity contribution is -0.0502. The van der Waals surface area contributed by atoms with E-state index in [-0.39, 0.29) is 17.2 Å². The molecule has 1 fully saturated rings. The summed E-state index contributed by atoms with van der Waals surface area (Å²) in [5.41, 5.74) is 1.42. The minimum atomic E-state index is -2.95. The number of halogens is 2. The van der Waals surface area contributed by atoms with Gasteiger partial charge in [0.05, 0.1) is 5.56 Å². The molecule has 2 aromatic carbocycles. The molecular formula is C20H22F2N2O2. The zero-order chi connectivity index (χ0) is 18.4. The Morgan fingerprint density at radius 3 is 2.46 bits per heavy atom. The van der Waals surface area contributed by atoms with Gasteiger partial charge in [-0.05, 0) is 24.1 Å². The third-order valence-corrected chi connectivity index (χ3v) is 4.46. The van der Waals surface area contributed by atoms with Gasteiger partial charge in [-0.1, -0.05) is 42.5 Å². The molecule has 0 bridgehead atoms. The average molecular weight is 360 g/mol. The molecular weight excluding hydrogens is 338 g/mol. The van der Waals surface area contributed by atoms with E-state index in [1.54, 1.807) is 17.0 Å². The molecule has 26 heavy (non-hydrogen) atoms. The standard InChI is InChI=1S/C20H22F2N2O2/c21-20(22)26-18-10-5-4-9-17(18)19(25)24-12-6-11-23(13-14-24)15-16-7-2-1-3-8-16/h1-5,7-10,20H,6,11-15H2. The van der Waals surface area contributed by atoms with E-state index in [0.29, 0.717) is 13.1 Å². The molecule has 0 aliphatic carbocycles. The summed E-state index contributed by atoms with van der Waals surface area (Å²) in [6, 6.07) is 16.4. The molecule has 1 aliphatic heterocycles. The number of benzene rings is 2. The molecule has 0 unspecified atom stereocenters. The highest BCUT2D eigenvalue weighted by atomic mass is 19.3. The second-order valence-electron chi connectivity index (χ2n) is 6.28. The average Bonchev–Trinajstić information content (AvgIpc) is 2.88. The fraction of sp³-hybridized carbons (Fsp3) is 0.350. The number of hydrogen-bond donors (Lipinski definition) is 0. The minimum absolute atomic E-state index is 0.0714. The monoisotopic (exact) mass is 360 g/mol. The topological polar surface area (TPSA) is 32.8 Å². The van der Waals surface area contributed by atoms with Crippen LogP contribution in [0.25, 0.3) is 0 Å². The van der Waals surface area contributed by atoms with Crippen molar-refractivity contribution in [2.75, 3.05) is 26.2 Å². The molecule has 138 valence electrons. The second-order valence-corrected chi connectivity index (χ2v) is 6.28. The summed E-state index contributed by atoms with van der Waals surface area (Å²) in [5.74, 6) is -0.333. The van der Waals surface area contributed by atoms with Gasteiger partial charge in [0.15, 0.2) is 0 Å². The number of alkyl halides is 2. The van der Waals surface area contributed by atoms with E-state index in [9.17, 15) is 13.6 Å². The van der Waals surface area contributed by atoms with E-state index in [1.807, 2.05) is 18.2 Å². The number of amides is 1. The van der Waals surface area contributed by atoms with Crippen molar-refractivity contribution in [3.05, 3.63) is 65.7 Å². The first-order chi connectivity index (χ1) is 12.6. The number of carbonyl (C=O) groups excluding carboxylic acids is 1. The van der Waals surface area contributed by atoms with Crippen LogP contribution in [-0.4, -0.2) is 48.5 Å². The van der Waals surface area contributed by atoms with Crippen LogP contribution in [0.3, 0.4) is 0 Å². The summed E-state index contributed by atoms with van der Waals surface area (Å²) < 4.78 is 29.6. The zero-order valence-corrected chi connectivity index (χ0v) is 14.5. The first-order valence-electron chi connectivity index (χ1n) is 8.73. The van der Waals surface area contributed by atoms with Gasteiger partial charge >= 0.3 is 6.61 Å². The van der Waals surface area contributed by atoms with Crippen molar-refractivity contribution in [3.8, 4) is 5.75 Å². The quantitative estimate of drug-likeness (QED) is 0.816. The molecule has 1 aliphatic rings. The van der Waals surface area contributed by atoms with Crippen molar-refractivity contribution in [1.29, 1.82) is 0 Å². The molecule has 0 N–H and O–H groups in total. The molecule has 1 saturated heterocycles. The summed E-state index contributed by atoms with van der Waals surface area (Å²) in [5, 5.41) is 0. The number of hydrogen-bond acceptors (Lipinski definition) is 3. The van der Waals surface area contributed by atoms with Gasteiger partial charge in [0.1, 0.15) is 5.75 Å². The highest BCUT2D eigenvalue weighted by Gasteiger charge is 2.23. The van der Waals surface area contributed by atoms with Gasteiger partial charge in [-0.15, -0.1) is 0 Å². The smallest absolute Gasteiger partial charge is 0.387 e. The van der Waals surface area contributed by atoms with E-state index in [4.69, 9.17) is 0 Å². The molecule has 3 rings (SSSR count). The van der Waals surface area contributed by atoms with Crippen molar-refractivity contribution in [1.82, 2.24) is 9.80 Å². The van der Waals surface area contributed by atoms with Crippen LogP contribution in [0, 0.1) is 0 Å². The van der Waals surface area contributed by atoms with Gasteiger partial charge in [-0.25, -0.2) is 0 Å². The predicted octanol–water partition coefficient (Wildman–Crippen LogP) is 3.64. The summed E-state index contributed by atoms with van der Waals surface area (Å²) in [7, 11) is 0. The molecule has 0 saturated carbocycles. The van der Waals surface area contributed by atoms with E-state index < -0.39 is 6.61 Å². The van der Waals surface area contributed by atoms with E-state index in [0.717, 1.165) is 26.1 Å². The Bertz CT molecular complexity index is 725. The molecule has 0 radical (unpaired) electrons. The number of para-hydroxylation sites is 1. The summed E-state index contributed by atoms with van der Waals surface area (Å²) in [6.45, 7) is 0.705. The maximum absolute atomic E-state index is 12.8. The summed E-state index contributed by atoms with van der Waals surface area (Å²) in [4.78, 5) is 16.8. The normalized spacial score (nSPS) is 15.7. The minimum Gasteiger partial charge on any atom is -0.434 e. The summed E-state index contributed by atoms with van der Waals surface area (Å²) >= 11 is 0. The predicted molar refractivity (Wildman–Crippen MR) is 95.3 cm³/mol. The van der Waals surface area contributed by atoms with E-state index in [1.165, 1.54) is 17.7 Å². The molecule has 0 atom stereocenters. The van der Waals surface area contributed by atoms with Gasteiger partial charge < -0.3 is 9.64 Å². The van der Waals surface area contributed by atoms with Crippen molar-refractivity contribution < 1.29 is 18.3 Å². The van der Waals surface area contributed by atoms with Gasteiger partial charge in [0, 0.05) is 32.7 Å². The Balaban J connectivity index is 1.65. The first-order valence-corrected chi connectivity index (χ1v) is 8.73. The molecule has 1 heterocycles. The van der Waals surface area contributed by atoms with Gasteiger partial charge in [0.2, 0.25) is 0 Å². The fourth-order valence-corrected chi connectivity index (χ4v) is 3.19. The van der Waals surface area contributed by atoms with Gasteiger partial charge in [-0.3, -0.25) is 9.69 Å². The highest BCUT2D eigenvalue weighted by molar-refractivity contribution is 5.97. The Kier molecular flexibility index (Phi) is 6.17. The lowest BCUT2D eigenvalue weighted by Gasteiger charge is -2.23. The first kappa shape index (κ1) is 18.3. The van der Waals surface area contributed by atoms with Crippen molar-refractivity contribution in [2.45, 2.75) is 19.6 Å². The maximum atomic E-state index is 12.8. The van der Waals surface area contributed by atoms with E-state index in [2.05, 4.69) is 21.8 Å². The van der Waals surface area contributed by atoms with Crippen LogP contribution in [0.2, 0.25) is 0 Å². The molecule has 1 amide bonds. The van der Waals surface area contributed by atoms with Crippen molar-refractivity contribution in [2.24, 2.45) is 0 Å². The van der Waals surface area contributed by atoms with Crippen LogP contribution in [0.15, 0.2) is 54.6 Å². The molecule has 2 aromatic rings. The number of ether oxygens (including phenoxy) is 1. The van der Waals surface area contributed by atoms with Crippen molar-refractivity contribution in [3.63, 3.8) is 0 Å². The van der Waals surface area contributed by atoms with Gasteiger partial charge in [0.25, 0.3) is 5.91 Å². The Hall–Kier alpha value is -2.47. The highest BCUT2D eigenvalue weighted by Crippen LogP contribution is 2.22. The van der Waals surface area contributed by atoms with Crippen LogP contribution < -0.4 is 4.74 Å². The lowest BCUT2D eigenvalue weighted by atomic mass is 10.1. The Labute approximate surface area is 152 Å². The third kappa shape index (κ3) is 4.79. The van der Waals surface area contributed by atoms with Crippen LogP contribution in [-0.2, 0) is 6.54 Å². The molecule has 0 aromatic heterocycles. The summed E-state index contributed by atoms with van der Waals surface area (Å²) in [6.07, 6.45) is 0.844. The Morgan fingerprint density at radius 2 is 1.69 bits per heavy atom. The zero-order valence-electron chi connectivity index (χ0n) is 14.5. The molecule has 0 spiro atoms. The second kappa shape index (κ2) is 8.76. The number of carbonyl (C=O) groups is 1. The van der Waals surface area contributed by atoms with Crippen LogP contribution in [0.4, 0.5) is 8.78 Å². The lowest BCUT2D eigenvalue weighted by Crippen LogP contribution is -2.35. The SMILES string of the molecule is O=C(c1ccccc1OC(F)F)N1CCCN(Cc2ccccc2)CC1. The molecule has 6 heteroatoms. The van der Waals surface area contributed by atoms with E-state index >= 15 is 0 Å².